The van der Waals surface area contributed by atoms with Crippen molar-refractivity contribution in [1.29, 1.82) is 0 Å². The van der Waals surface area contributed by atoms with Crippen molar-refractivity contribution in [3.63, 3.8) is 0 Å². The first-order valence-corrected chi connectivity index (χ1v) is 5.51. The number of benzene rings is 1. The van der Waals surface area contributed by atoms with Crippen LogP contribution in [0.4, 0.5) is 10.5 Å². The summed E-state index contributed by atoms with van der Waals surface area (Å²) in [7, 11) is 0. The minimum Gasteiger partial charge on any atom is -0.332 e. The molecule has 4 N–H and O–H groups in total. The summed E-state index contributed by atoms with van der Waals surface area (Å²) in [5, 5.41) is 10.4. The molecule has 2 rings (SSSR count). The maximum Gasteiger partial charge on any atom is 0.319 e. The van der Waals surface area contributed by atoms with Crippen molar-refractivity contribution < 1.29 is 4.79 Å². The van der Waals surface area contributed by atoms with E-state index in [9.17, 15) is 9.59 Å². The van der Waals surface area contributed by atoms with Crippen LogP contribution in [0.15, 0.2) is 35.1 Å². The molecule has 0 radical (unpaired) electrons. The molecule has 2 aromatic rings. The lowest BCUT2D eigenvalue weighted by molar-refractivity contribution is 0.251. The molecular formula is C12H14N4O2. The average Bonchev–Trinajstić information content (AvgIpc) is 2.73. The fourth-order valence-electron chi connectivity index (χ4n) is 1.54. The number of urea groups is 1. The number of carbonyl (C=O) groups is 1. The number of aromatic nitrogens is 2. The van der Waals surface area contributed by atoms with Gasteiger partial charge in [0.05, 0.1) is 12.2 Å². The van der Waals surface area contributed by atoms with Gasteiger partial charge in [0.15, 0.2) is 0 Å². The molecule has 0 saturated heterocycles. The number of aromatic amines is 2. The Morgan fingerprint density at radius 3 is 2.78 bits per heavy atom. The summed E-state index contributed by atoms with van der Waals surface area (Å²) in [5.74, 6) is 0. The first-order chi connectivity index (χ1) is 8.63. The van der Waals surface area contributed by atoms with Gasteiger partial charge < -0.3 is 15.7 Å². The predicted octanol–water partition coefficient (Wildman–Crippen LogP) is 1.33. The van der Waals surface area contributed by atoms with Gasteiger partial charge in [-0.1, -0.05) is 12.1 Å². The minimum atomic E-state index is -0.317. The second kappa shape index (κ2) is 5.22. The van der Waals surface area contributed by atoms with Gasteiger partial charge in [0.1, 0.15) is 0 Å². The van der Waals surface area contributed by atoms with Gasteiger partial charge in [0.2, 0.25) is 0 Å². The fraction of sp³-hybridized carbons (Fsp3) is 0.167. The van der Waals surface area contributed by atoms with Gasteiger partial charge in [-0.15, -0.1) is 0 Å². The van der Waals surface area contributed by atoms with Crippen LogP contribution in [0, 0.1) is 6.92 Å². The Bertz CT molecular complexity index is 600. The van der Waals surface area contributed by atoms with E-state index in [0.717, 1.165) is 11.3 Å². The minimum absolute atomic E-state index is 0.217. The van der Waals surface area contributed by atoms with Crippen LogP contribution in [0.2, 0.25) is 0 Å². The van der Waals surface area contributed by atoms with Gasteiger partial charge in [0.25, 0.3) is 5.56 Å². The third-order valence-corrected chi connectivity index (χ3v) is 2.37. The summed E-state index contributed by atoms with van der Waals surface area (Å²) < 4.78 is 0. The molecule has 6 heteroatoms. The quantitative estimate of drug-likeness (QED) is 0.658. The van der Waals surface area contributed by atoms with Crippen molar-refractivity contribution in [1.82, 2.24) is 15.5 Å². The highest BCUT2D eigenvalue weighted by atomic mass is 16.2. The molecule has 0 saturated carbocycles. The van der Waals surface area contributed by atoms with Crippen LogP contribution in [0.5, 0.6) is 0 Å². The summed E-state index contributed by atoms with van der Waals surface area (Å²) >= 11 is 0. The highest BCUT2D eigenvalue weighted by Crippen LogP contribution is 2.08. The molecule has 18 heavy (non-hydrogen) atoms. The van der Waals surface area contributed by atoms with Crippen LogP contribution in [-0.2, 0) is 6.54 Å². The van der Waals surface area contributed by atoms with E-state index in [1.807, 2.05) is 31.2 Å². The largest absolute Gasteiger partial charge is 0.332 e. The molecule has 0 aliphatic heterocycles. The summed E-state index contributed by atoms with van der Waals surface area (Å²) in [5.41, 5.74) is 2.21. The second-order valence-corrected chi connectivity index (χ2v) is 3.96. The molecule has 0 atom stereocenters. The molecule has 0 bridgehead atoms. The summed E-state index contributed by atoms with van der Waals surface area (Å²) in [6, 6.07) is 8.58. The van der Waals surface area contributed by atoms with Gasteiger partial charge in [-0.05, 0) is 24.6 Å². The smallest absolute Gasteiger partial charge is 0.319 e. The summed E-state index contributed by atoms with van der Waals surface area (Å²) in [6.45, 7) is 2.21. The van der Waals surface area contributed by atoms with Crippen molar-refractivity contribution >= 4 is 11.7 Å². The number of aryl methyl sites for hydroxylation is 1. The van der Waals surface area contributed by atoms with Gasteiger partial charge in [-0.3, -0.25) is 9.89 Å². The Hall–Kier alpha value is -2.50. The fourth-order valence-corrected chi connectivity index (χ4v) is 1.54. The molecule has 0 aliphatic rings. The van der Waals surface area contributed by atoms with Crippen molar-refractivity contribution in [2.75, 3.05) is 5.32 Å². The summed E-state index contributed by atoms with van der Waals surface area (Å²) in [6.07, 6.45) is 0. The third kappa shape index (κ3) is 3.24. The highest BCUT2D eigenvalue weighted by molar-refractivity contribution is 5.89. The van der Waals surface area contributed by atoms with E-state index in [2.05, 4.69) is 20.8 Å². The normalized spacial score (nSPS) is 10.1. The van der Waals surface area contributed by atoms with Crippen molar-refractivity contribution in [2.24, 2.45) is 0 Å². The first-order valence-electron chi connectivity index (χ1n) is 5.51. The monoisotopic (exact) mass is 246 g/mol. The topological polar surface area (TPSA) is 89.8 Å². The zero-order chi connectivity index (χ0) is 13.0. The highest BCUT2D eigenvalue weighted by Gasteiger charge is 2.02. The molecule has 0 fully saturated rings. The van der Waals surface area contributed by atoms with E-state index >= 15 is 0 Å². The molecule has 1 aromatic heterocycles. The number of nitrogens with one attached hydrogen (secondary N) is 4. The Morgan fingerprint density at radius 2 is 2.11 bits per heavy atom. The van der Waals surface area contributed by atoms with Crippen LogP contribution in [0.3, 0.4) is 0 Å². The number of rotatable bonds is 3. The standard InChI is InChI=1S/C12H14N4O2/c1-8-3-2-4-9(5-8)14-12(18)13-7-10-6-11(17)16-15-10/h2-6H,7H2,1H3,(H2,13,14,18)(H2,15,16,17). The van der Waals surface area contributed by atoms with E-state index in [-0.39, 0.29) is 18.1 Å². The molecule has 6 nitrogen and oxygen atoms in total. The van der Waals surface area contributed by atoms with Gasteiger partial charge in [-0.2, -0.15) is 0 Å². The lowest BCUT2D eigenvalue weighted by Crippen LogP contribution is -2.28. The Morgan fingerprint density at radius 1 is 1.28 bits per heavy atom. The number of carbonyl (C=O) groups excluding carboxylic acids is 1. The molecule has 2 amide bonds. The van der Waals surface area contributed by atoms with Gasteiger partial charge in [-0.25, -0.2) is 4.79 Å². The van der Waals surface area contributed by atoms with Crippen LogP contribution in [0.25, 0.3) is 0 Å². The lowest BCUT2D eigenvalue weighted by atomic mass is 10.2. The second-order valence-electron chi connectivity index (χ2n) is 3.96. The molecule has 0 aliphatic carbocycles. The molecule has 1 aromatic carbocycles. The molecule has 0 unspecified atom stereocenters. The average molecular weight is 246 g/mol. The Labute approximate surface area is 103 Å². The van der Waals surface area contributed by atoms with E-state index in [1.165, 1.54) is 6.07 Å². The van der Waals surface area contributed by atoms with E-state index in [1.54, 1.807) is 0 Å². The van der Waals surface area contributed by atoms with E-state index in [4.69, 9.17) is 0 Å². The van der Waals surface area contributed by atoms with E-state index < -0.39 is 0 Å². The molecule has 1 heterocycles. The van der Waals surface area contributed by atoms with Crippen molar-refractivity contribution in [3.8, 4) is 0 Å². The Balaban J connectivity index is 1.87. The summed E-state index contributed by atoms with van der Waals surface area (Å²) in [4.78, 5) is 22.4. The number of H-pyrrole nitrogens is 2. The first kappa shape index (κ1) is 12.0. The SMILES string of the molecule is Cc1cccc(NC(=O)NCc2cc(=O)[nH][nH]2)c1. The van der Waals surface area contributed by atoms with Gasteiger partial charge >= 0.3 is 6.03 Å². The van der Waals surface area contributed by atoms with Crippen LogP contribution < -0.4 is 16.2 Å². The lowest BCUT2D eigenvalue weighted by Gasteiger charge is -2.07. The number of hydrogen-bond acceptors (Lipinski definition) is 2. The molecular weight excluding hydrogens is 232 g/mol. The number of hydrogen-bond donors (Lipinski definition) is 4. The van der Waals surface area contributed by atoms with Crippen molar-refractivity contribution in [2.45, 2.75) is 13.5 Å². The van der Waals surface area contributed by atoms with E-state index in [0.29, 0.717) is 5.69 Å². The Kier molecular flexibility index (Phi) is 3.47. The number of amides is 2. The van der Waals surface area contributed by atoms with Crippen molar-refractivity contribution in [3.05, 3.63) is 51.9 Å². The van der Waals surface area contributed by atoms with Crippen LogP contribution in [0.1, 0.15) is 11.3 Å². The predicted molar refractivity (Wildman–Crippen MR) is 68.5 cm³/mol. The van der Waals surface area contributed by atoms with Crippen LogP contribution >= 0.6 is 0 Å². The zero-order valence-electron chi connectivity index (χ0n) is 9.91. The van der Waals surface area contributed by atoms with Gasteiger partial charge in [0, 0.05) is 11.8 Å². The maximum absolute atomic E-state index is 11.6. The maximum atomic E-state index is 11.6. The molecule has 94 valence electrons. The number of anilines is 1. The molecule has 0 spiro atoms. The third-order valence-electron chi connectivity index (χ3n) is 2.37. The van der Waals surface area contributed by atoms with Crippen LogP contribution in [-0.4, -0.2) is 16.2 Å². The zero-order valence-corrected chi connectivity index (χ0v) is 9.91.